The van der Waals surface area contributed by atoms with Gasteiger partial charge in [-0.05, 0) is 56.7 Å². The maximum absolute atomic E-state index is 5.18. The second-order valence-corrected chi connectivity index (χ2v) is 7.12. The predicted molar refractivity (Wildman–Crippen MR) is 82.9 cm³/mol. The van der Waals surface area contributed by atoms with Gasteiger partial charge in [-0.1, -0.05) is 26.0 Å². The van der Waals surface area contributed by atoms with E-state index in [9.17, 15) is 0 Å². The number of hydrogen-bond acceptors (Lipinski definition) is 2. The lowest BCUT2D eigenvalue weighted by Crippen LogP contribution is -2.42. The van der Waals surface area contributed by atoms with E-state index in [0.717, 1.165) is 18.7 Å². The average molecular weight is 263 g/mol. The van der Waals surface area contributed by atoms with Gasteiger partial charge in [-0.3, -0.25) is 0 Å². The van der Waals surface area contributed by atoms with Crippen LogP contribution in [0.5, 0.6) is 5.75 Å². The first kappa shape index (κ1) is 16.0. The average Bonchev–Trinajstić information content (AvgIpc) is 2.34. The molecule has 0 saturated heterocycles. The fraction of sp³-hybridized carbons (Fsp3) is 0.647. The molecular weight excluding hydrogens is 234 g/mol. The third-order valence-electron chi connectivity index (χ3n) is 3.35. The zero-order valence-electron chi connectivity index (χ0n) is 13.3. The number of benzene rings is 1. The van der Waals surface area contributed by atoms with Crippen LogP contribution in [0.2, 0.25) is 0 Å². The van der Waals surface area contributed by atoms with Crippen LogP contribution in [0, 0.1) is 5.41 Å². The lowest BCUT2D eigenvalue weighted by atomic mass is 9.85. The summed E-state index contributed by atoms with van der Waals surface area (Å²) in [5.41, 5.74) is 1.88. The van der Waals surface area contributed by atoms with E-state index in [0.29, 0.717) is 5.41 Å². The summed E-state index contributed by atoms with van der Waals surface area (Å²) in [4.78, 5) is 0. The summed E-state index contributed by atoms with van der Waals surface area (Å²) in [5.74, 6) is 0.928. The SMILES string of the molecule is COc1ccc(CCC(C)(C)CNC(C)(C)C)cc1. The van der Waals surface area contributed by atoms with Crippen LogP contribution >= 0.6 is 0 Å². The van der Waals surface area contributed by atoms with Crippen LogP contribution in [-0.4, -0.2) is 19.2 Å². The van der Waals surface area contributed by atoms with E-state index in [1.165, 1.54) is 12.0 Å². The molecule has 0 saturated carbocycles. The van der Waals surface area contributed by atoms with Crippen molar-refractivity contribution in [2.24, 2.45) is 5.41 Å². The molecule has 0 aliphatic rings. The van der Waals surface area contributed by atoms with Crippen LogP contribution in [0.4, 0.5) is 0 Å². The zero-order chi connectivity index (χ0) is 14.5. The Morgan fingerprint density at radius 1 is 1.00 bits per heavy atom. The Morgan fingerprint density at radius 2 is 1.58 bits per heavy atom. The van der Waals surface area contributed by atoms with Gasteiger partial charge in [-0.2, -0.15) is 0 Å². The minimum atomic E-state index is 0.192. The summed E-state index contributed by atoms with van der Waals surface area (Å²) in [6.45, 7) is 12.4. The minimum Gasteiger partial charge on any atom is -0.497 e. The quantitative estimate of drug-likeness (QED) is 0.836. The highest BCUT2D eigenvalue weighted by atomic mass is 16.5. The Balaban J connectivity index is 2.45. The number of ether oxygens (including phenoxy) is 1. The van der Waals surface area contributed by atoms with Gasteiger partial charge in [-0.15, -0.1) is 0 Å². The molecule has 0 aromatic heterocycles. The second kappa shape index (κ2) is 6.42. The van der Waals surface area contributed by atoms with Crippen molar-refractivity contribution >= 4 is 0 Å². The lowest BCUT2D eigenvalue weighted by Gasteiger charge is -2.30. The Bertz CT molecular complexity index is 373. The molecule has 108 valence electrons. The molecular formula is C17H29NO. The highest BCUT2D eigenvalue weighted by molar-refractivity contribution is 5.27. The number of hydrogen-bond donors (Lipinski definition) is 1. The molecule has 19 heavy (non-hydrogen) atoms. The number of nitrogens with one attached hydrogen (secondary N) is 1. The van der Waals surface area contributed by atoms with E-state index in [1.54, 1.807) is 7.11 Å². The Labute approximate surface area is 118 Å². The molecule has 1 rings (SSSR count). The summed E-state index contributed by atoms with van der Waals surface area (Å²) in [7, 11) is 1.70. The van der Waals surface area contributed by atoms with Crippen molar-refractivity contribution in [3.63, 3.8) is 0 Å². The third kappa shape index (κ3) is 6.63. The predicted octanol–water partition coefficient (Wildman–Crippen LogP) is 4.04. The maximum atomic E-state index is 5.18. The standard InChI is InChI=1S/C17H29NO/c1-16(2,3)18-13-17(4,5)12-11-14-7-9-15(19-6)10-8-14/h7-10,18H,11-13H2,1-6H3. The topological polar surface area (TPSA) is 21.3 Å². The van der Waals surface area contributed by atoms with E-state index in [2.05, 4.69) is 52.1 Å². The molecule has 1 aromatic rings. The van der Waals surface area contributed by atoms with Crippen molar-refractivity contribution < 1.29 is 4.74 Å². The van der Waals surface area contributed by atoms with E-state index < -0.39 is 0 Å². The molecule has 0 atom stereocenters. The summed E-state index contributed by atoms with van der Waals surface area (Å²) < 4.78 is 5.18. The molecule has 0 radical (unpaired) electrons. The van der Waals surface area contributed by atoms with Gasteiger partial charge in [0.25, 0.3) is 0 Å². The van der Waals surface area contributed by atoms with Crippen molar-refractivity contribution in [1.29, 1.82) is 0 Å². The van der Waals surface area contributed by atoms with Crippen molar-refractivity contribution in [1.82, 2.24) is 5.32 Å². The van der Waals surface area contributed by atoms with Gasteiger partial charge in [0.1, 0.15) is 5.75 Å². The van der Waals surface area contributed by atoms with Crippen molar-refractivity contribution in [2.45, 2.75) is 53.0 Å². The summed E-state index contributed by atoms with van der Waals surface area (Å²) in [5, 5.41) is 3.60. The van der Waals surface area contributed by atoms with Gasteiger partial charge in [0.05, 0.1) is 7.11 Å². The normalized spacial score (nSPS) is 12.5. The van der Waals surface area contributed by atoms with Gasteiger partial charge < -0.3 is 10.1 Å². The second-order valence-electron chi connectivity index (χ2n) is 7.12. The monoisotopic (exact) mass is 263 g/mol. The molecule has 2 heteroatoms. The van der Waals surface area contributed by atoms with Crippen LogP contribution in [-0.2, 0) is 6.42 Å². The van der Waals surface area contributed by atoms with Crippen molar-refractivity contribution in [3.8, 4) is 5.75 Å². The number of aryl methyl sites for hydroxylation is 1. The molecule has 0 bridgehead atoms. The van der Waals surface area contributed by atoms with Crippen LogP contribution in [0.1, 0.15) is 46.6 Å². The summed E-state index contributed by atoms with van der Waals surface area (Å²) in [6, 6.07) is 8.39. The summed E-state index contributed by atoms with van der Waals surface area (Å²) >= 11 is 0. The first-order chi connectivity index (χ1) is 8.72. The van der Waals surface area contributed by atoms with Gasteiger partial charge >= 0.3 is 0 Å². The molecule has 1 N–H and O–H groups in total. The Hall–Kier alpha value is -1.02. The first-order valence-corrected chi connectivity index (χ1v) is 7.10. The molecule has 0 aliphatic heterocycles. The minimum absolute atomic E-state index is 0.192. The van der Waals surface area contributed by atoms with E-state index in [4.69, 9.17) is 4.74 Å². The van der Waals surface area contributed by atoms with Crippen LogP contribution in [0.15, 0.2) is 24.3 Å². The van der Waals surface area contributed by atoms with Crippen LogP contribution in [0.3, 0.4) is 0 Å². The zero-order valence-corrected chi connectivity index (χ0v) is 13.3. The fourth-order valence-electron chi connectivity index (χ4n) is 1.87. The van der Waals surface area contributed by atoms with Crippen molar-refractivity contribution in [3.05, 3.63) is 29.8 Å². The highest BCUT2D eigenvalue weighted by Crippen LogP contribution is 2.23. The Morgan fingerprint density at radius 3 is 2.05 bits per heavy atom. The van der Waals surface area contributed by atoms with Gasteiger partial charge in [0, 0.05) is 12.1 Å². The molecule has 0 aliphatic carbocycles. The van der Waals surface area contributed by atoms with E-state index in [-0.39, 0.29) is 5.54 Å². The summed E-state index contributed by atoms with van der Waals surface area (Å²) in [6.07, 6.45) is 2.30. The van der Waals surface area contributed by atoms with Gasteiger partial charge in [-0.25, -0.2) is 0 Å². The Kier molecular flexibility index (Phi) is 5.42. The van der Waals surface area contributed by atoms with Gasteiger partial charge in [0.2, 0.25) is 0 Å². The van der Waals surface area contributed by atoms with Crippen molar-refractivity contribution in [2.75, 3.05) is 13.7 Å². The smallest absolute Gasteiger partial charge is 0.118 e. The molecule has 0 amide bonds. The molecule has 0 fully saturated rings. The highest BCUT2D eigenvalue weighted by Gasteiger charge is 2.20. The van der Waals surface area contributed by atoms with Gasteiger partial charge in [0.15, 0.2) is 0 Å². The third-order valence-corrected chi connectivity index (χ3v) is 3.35. The fourth-order valence-corrected chi connectivity index (χ4v) is 1.87. The maximum Gasteiger partial charge on any atom is 0.118 e. The molecule has 1 aromatic carbocycles. The molecule has 0 spiro atoms. The number of methoxy groups -OCH3 is 1. The first-order valence-electron chi connectivity index (χ1n) is 7.10. The molecule has 0 unspecified atom stereocenters. The number of rotatable bonds is 6. The van der Waals surface area contributed by atoms with Crippen LogP contribution in [0.25, 0.3) is 0 Å². The van der Waals surface area contributed by atoms with E-state index >= 15 is 0 Å². The van der Waals surface area contributed by atoms with E-state index in [1.807, 2.05) is 12.1 Å². The van der Waals surface area contributed by atoms with Crippen LogP contribution < -0.4 is 10.1 Å². The molecule has 0 heterocycles. The lowest BCUT2D eigenvalue weighted by molar-refractivity contribution is 0.273. The molecule has 2 nitrogen and oxygen atoms in total. The largest absolute Gasteiger partial charge is 0.497 e.